The van der Waals surface area contributed by atoms with E-state index in [0.717, 1.165) is 16.8 Å². The third-order valence-corrected chi connectivity index (χ3v) is 4.87. The van der Waals surface area contributed by atoms with Gasteiger partial charge in [0, 0.05) is 6.54 Å². The number of aromatic nitrogens is 1. The van der Waals surface area contributed by atoms with Crippen LogP contribution in [0.4, 0.5) is 6.01 Å². The normalized spacial score (nSPS) is 10.8. The van der Waals surface area contributed by atoms with E-state index in [1.54, 1.807) is 18.2 Å². The summed E-state index contributed by atoms with van der Waals surface area (Å²) in [6.45, 7) is 2.01. The summed E-state index contributed by atoms with van der Waals surface area (Å²) in [5, 5.41) is 9.30. The standard InChI is InChI=1S/C25H24N2O5/c28-24(29)20-11-4-6-13-22(20)31-17-8-15-27(16-18-30-19-9-2-1-3-10-19)25-26-21-12-5-7-14-23(21)32-25/h1-7,9-14H,8,15-18H2,(H,28,29). The molecule has 4 rings (SSSR count). The maximum atomic E-state index is 11.3. The molecule has 0 saturated heterocycles. The number of benzene rings is 3. The molecule has 164 valence electrons. The molecule has 3 aromatic carbocycles. The highest BCUT2D eigenvalue weighted by atomic mass is 16.5. The van der Waals surface area contributed by atoms with Gasteiger partial charge in [-0.05, 0) is 42.8 Å². The second-order valence-electron chi connectivity index (χ2n) is 7.12. The fraction of sp³-hybridized carbons (Fsp3) is 0.200. The van der Waals surface area contributed by atoms with Crippen LogP contribution in [0.2, 0.25) is 0 Å². The van der Waals surface area contributed by atoms with Crippen LogP contribution in [0.15, 0.2) is 83.3 Å². The van der Waals surface area contributed by atoms with Gasteiger partial charge in [0.05, 0.1) is 13.2 Å². The van der Waals surface area contributed by atoms with Gasteiger partial charge in [-0.3, -0.25) is 0 Å². The Bertz CT molecular complexity index is 1130. The summed E-state index contributed by atoms with van der Waals surface area (Å²) >= 11 is 0. The number of hydrogen-bond acceptors (Lipinski definition) is 6. The second kappa shape index (κ2) is 10.3. The molecule has 4 aromatic rings. The topological polar surface area (TPSA) is 85.0 Å². The minimum atomic E-state index is -1.01. The number of aromatic carboxylic acids is 1. The number of hydrogen-bond donors (Lipinski definition) is 1. The monoisotopic (exact) mass is 432 g/mol. The first-order valence-corrected chi connectivity index (χ1v) is 10.4. The fourth-order valence-corrected chi connectivity index (χ4v) is 3.30. The van der Waals surface area contributed by atoms with Crippen molar-refractivity contribution in [2.24, 2.45) is 0 Å². The van der Waals surface area contributed by atoms with E-state index in [0.29, 0.717) is 44.5 Å². The summed E-state index contributed by atoms with van der Waals surface area (Å²) in [7, 11) is 0. The Morgan fingerprint density at radius 1 is 0.875 bits per heavy atom. The van der Waals surface area contributed by atoms with Crippen molar-refractivity contribution < 1.29 is 23.8 Å². The van der Waals surface area contributed by atoms with Gasteiger partial charge >= 0.3 is 5.97 Å². The number of nitrogens with zero attached hydrogens (tertiary/aromatic N) is 2. The van der Waals surface area contributed by atoms with Crippen LogP contribution in [-0.2, 0) is 0 Å². The molecular formula is C25H24N2O5. The van der Waals surface area contributed by atoms with Crippen molar-refractivity contribution in [3.05, 3.63) is 84.4 Å². The highest BCUT2D eigenvalue weighted by Crippen LogP contribution is 2.22. The molecule has 0 fully saturated rings. The van der Waals surface area contributed by atoms with Crippen molar-refractivity contribution >= 4 is 23.1 Å². The molecule has 0 aliphatic carbocycles. The molecule has 1 heterocycles. The number of fused-ring (bicyclic) bond motifs is 1. The number of para-hydroxylation sites is 4. The highest BCUT2D eigenvalue weighted by Gasteiger charge is 2.15. The van der Waals surface area contributed by atoms with E-state index in [-0.39, 0.29) is 5.56 Å². The fourth-order valence-electron chi connectivity index (χ4n) is 3.30. The minimum absolute atomic E-state index is 0.152. The lowest BCUT2D eigenvalue weighted by molar-refractivity contribution is 0.0692. The molecule has 0 unspecified atom stereocenters. The van der Waals surface area contributed by atoms with E-state index >= 15 is 0 Å². The van der Waals surface area contributed by atoms with E-state index < -0.39 is 5.97 Å². The summed E-state index contributed by atoms with van der Waals surface area (Å²) in [6, 6.07) is 24.4. The summed E-state index contributed by atoms with van der Waals surface area (Å²) < 4.78 is 17.5. The summed E-state index contributed by atoms with van der Waals surface area (Å²) in [4.78, 5) is 18.0. The number of ether oxygens (including phenoxy) is 2. The zero-order chi connectivity index (χ0) is 22.2. The SMILES string of the molecule is O=C(O)c1ccccc1OCCCN(CCOc1ccccc1)c1nc2ccccc2o1. The molecule has 0 atom stereocenters. The molecule has 32 heavy (non-hydrogen) atoms. The Balaban J connectivity index is 1.39. The first-order valence-electron chi connectivity index (χ1n) is 10.4. The van der Waals surface area contributed by atoms with Crippen LogP contribution >= 0.6 is 0 Å². The molecule has 0 radical (unpaired) electrons. The number of oxazole rings is 1. The third-order valence-electron chi connectivity index (χ3n) is 4.87. The molecule has 0 bridgehead atoms. The number of anilines is 1. The van der Waals surface area contributed by atoms with Gasteiger partial charge in [0.1, 0.15) is 29.2 Å². The lowest BCUT2D eigenvalue weighted by Crippen LogP contribution is -2.30. The predicted octanol–water partition coefficient (Wildman–Crippen LogP) is 4.88. The van der Waals surface area contributed by atoms with Crippen molar-refractivity contribution in [2.75, 3.05) is 31.2 Å². The molecule has 0 saturated carbocycles. The van der Waals surface area contributed by atoms with E-state index in [9.17, 15) is 9.90 Å². The molecule has 7 heteroatoms. The van der Waals surface area contributed by atoms with Gasteiger partial charge in [-0.15, -0.1) is 0 Å². The lowest BCUT2D eigenvalue weighted by Gasteiger charge is -2.21. The van der Waals surface area contributed by atoms with Crippen LogP contribution in [0.25, 0.3) is 11.1 Å². The van der Waals surface area contributed by atoms with E-state index in [4.69, 9.17) is 13.9 Å². The van der Waals surface area contributed by atoms with Gasteiger partial charge < -0.3 is 23.9 Å². The van der Waals surface area contributed by atoms with Crippen LogP contribution in [0, 0.1) is 0 Å². The van der Waals surface area contributed by atoms with Crippen molar-refractivity contribution in [3.63, 3.8) is 0 Å². The highest BCUT2D eigenvalue weighted by molar-refractivity contribution is 5.90. The molecule has 7 nitrogen and oxygen atoms in total. The van der Waals surface area contributed by atoms with Crippen LogP contribution in [0.3, 0.4) is 0 Å². The Morgan fingerprint density at radius 3 is 2.44 bits per heavy atom. The first-order chi connectivity index (χ1) is 15.7. The van der Waals surface area contributed by atoms with Crippen molar-refractivity contribution in [1.82, 2.24) is 4.98 Å². The smallest absolute Gasteiger partial charge is 0.339 e. The van der Waals surface area contributed by atoms with Crippen molar-refractivity contribution in [1.29, 1.82) is 0 Å². The average molecular weight is 432 g/mol. The first kappa shape index (κ1) is 21.2. The second-order valence-corrected chi connectivity index (χ2v) is 7.12. The Kier molecular flexibility index (Phi) is 6.87. The van der Waals surface area contributed by atoms with Gasteiger partial charge in [-0.25, -0.2) is 4.79 Å². The molecule has 0 aliphatic rings. The Hall–Kier alpha value is -4.00. The molecule has 0 spiro atoms. The van der Waals surface area contributed by atoms with Crippen LogP contribution in [-0.4, -0.2) is 42.4 Å². The van der Waals surface area contributed by atoms with Crippen LogP contribution in [0.5, 0.6) is 11.5 Å². The molecular weight excluding hydrogens is 408 g/mol. The van der Waals surface area contributed by atoms with E-state index in [2.05, 4.69) is 4.98 Å². The molecule has 1 aromatic heterocycles. The zero-order valence-corrected chi connectivity index (χ0v) is 17.5. The number of carboxylic acids is 1. The maximum Gasteiger partial charge on any atom is 0.339 e. The molecule has 1 N–H and O–H groups in total. The molecule has 0 aliphatic heterocycles. The van der Waals surface area contributed by atoms with Gasteiger partial charge in [0.15, 0.2) is 5.58 Å². The van der Waals surface area contributed by atoms with Gasteiger partial charge in [-0.2, -0.15) is 4.98 Å². The number of rotatable bonds is 11. The maximum absolute atomic E-state index is 11.3. The van der Waals surface area contributed by atoms with E-state index in [1.165, 1.54) is 6.07 Å². The minimum Gasteiger partial charge on any atom is -0.493 e. The van der Waals surface area contributed by atoms with Gasteiger partial charge in [0.25, 0.3) is 6.01 Å². The number of carbonyl (C=O) groups is 1. The Labute approximate surface area is 185 Å². The zero-order valence-electron chi connectivity index (χ0n) is 17.5. The van der Waals surface area contributed by atoms with Crippen LogP contribution in [0.1, 0.15) is 16.8 Å². The average Bonchev–Trinajstić information content (AvgIpc) is 3.25. The predicted molar refractivity (Wildman–Crippen MR) is 122 cm³/mol. The van der Waals surface area contributed by atoms with Gasteiger partial charge in [-0.1, -0.05) is 42.5 Å². The summed E-state index contributed by atoms with van der Waals surface area (Å²) in [5.74, 6) is 0.159. The van der Waals surface area contributed by atoms with Crippen molar-refractivity contribution in [3.8, 4) is 11.5 Å². The van der Waals surface area contributed by atoms with E-state index in [1.807, 2.05) is 59.5 Å². The van der Waals surface area contributed by atoms with Crippen molar-refractivity contribution in [2.45, 2.75) is 6.42 Å². The lowest BCUT2D eigenvalue weighted by atomic mass is 10.2. The Morgan fingerprint density at radius 2 is 1.62 bits per heavy atom. The summed E-state index contributed by atoms with van der Waals surface area (Å²) in [6.07, 6.45) is 0.651. The summed E-state index contributed by atoms with van der Waals surface area (Å²) in [5.41, 5.74) is 1.67. The van der Waals surface area contributed by atoms with Crippen LogP contribution < -0.4 is 14.4 Å². The quantitative estimate of drug-likeness (QED) is 0.338. The third kappa shape index (κ3) is 5.37. The number of carboxylic acid groups (broad SMARTS) is 1. The largest absolute Gasteiger partial charge is 0.493 e. The van der Waals surface area contributed by atoms with Gasteiger partial charge in [0.2, 0.25) is 0 Å². The molecule has 0 amide bonds.